The largest absolute Gasteiger partial charge is 0.491 e. The van der Waals surface area contributed by atoms with Gasteiger partial charge in [0.2, 0.25) is 5.82 Å². The quantitative estimate of drug-likeness (QED) is 0.223. The van der Waals surface area contributed by atoms with Crippen molar-refractivity contribution in [2.24, 2.45) is 0 Å². The normalized spacial score (nSPS) is 17.9. The Morgan fingerprint density at radius 2 is 1.51 bits per heavy atom. The smallest absolute Gasteiger partial charge is 0.201 e. The van der Waals surface area contributed by atoms with E-state index < -0.39 is 40.2 Å². The van der Waals surface area contributed by atoms with E-state index in [2.05, 4.69) is 0 Å². The lowest BCUT2D eigenvalue weighted by atomic mass is 9.90. The molecule has 0 saturated carbocycles. The number of aryl methyl sites for hydroxylation is 2. The van der Waals surface area contributed by atoms with Gasteiger partial charge in [-0.15, -0.1) is 0 Å². The highest BCUT2D eigenvalue weighted by Crippen LogP contribution is 2.34. The van der Waals surface area contributed by atoms with Crippen LogP contribution in [0.3, 0.4) is 0 Å². The van der Waals surface area contributed by atoms with Gasteiger partial charge in [-0.1, -0.05) is 36.4 Å². The Bertz CT molecular complexity index is 1280. The Morgan fingerprint density at radius 3 is 2.16 bits per heavy atom. The summed E-state index contributed by atoms with van der Waals surface area (Å²) in [6.07, 6.45) is 6.02. The fourth-order valence-electron chi connectivity index (χ4n) is 4.69. The van der Waals surface area contributed by atoms with Crippen LogP contribution in [-0.2, 0) is 17.6 Å². The Morgan fingerprint density at radius 1 is 0.838 bits per heavy atom. The van der Waals surface area contributed by atoms with Gasteiger partial charge in [0.25, 0.3) is 0 Å². The van der Waals surface area contributed by atoms with E-state index in [1.807, 2.05) is 25.1 Å². The van der Waals surface area contributed by atoms with Crippen molar-refractivity contribution < 1.29 is 31.4 Å². The number of ether oxygens (including phenoxy) is 2. The SMILES string of the molecule is CC=CC1CCC(c2ccc(CCc3ccc(-c4ccc(OCC)c(F)c4F)c(F)c3F)c(F)c2)CO1. The second kappa shape index (κ2) is 11.9. The third-order valence-corrected chi connectivity index (χ3v) is 6.73. The maximum atomic E-state index is 14.9. The Kier molecular flexibility index (Phi) is 8.64. The van der Waals surface area contributed by atoms with Crippen LogP contribution < -0.4 is 4.74 Å². The van der Waals surface area contributed by atoms with Crippen molar-refractivity contribution in [1.82, 2.24) is 0 Å². The molecule has 1 aliphatic heterocycles. The minimum Gasteiger partial charge on any atom is -0.491 e. The first kappa shape index (κ1) is 26.9. The van der Waals surface area contributed by atoms with E-state index in [9.17, 15) is 22.0 Å². The van der Waals surface area contributed by atoms with Gasteiger partial charge in [-0.2, -0.15) is 4.39 Å². The van der Waals surface area contributed by atoms with E-state index in [-0.39, 0.29) is 42.8 Å². The molecule has 1 fully saturated rings. The van der Waals surface area contributed by atoms with E-state index >= 15 is 0 Å². The number of hydrogen-bond acceptors (Lipinski definition) is 2. The van der Waals surface area contributed by atoms with E-state index in [1.165, 1.54) is 24.3 Å². The van der Waals surface area contributed by atoms with E-state index in [0.29, 0.717) is 12.2 Å². The highest BCUT2D eigenvalue weighted by Gasteiger charge is 2.23. The molecule has 4 rings (SSSR count). The number of benzene rings is 3. The van der Waals surface area contributed by atoms with Crippen molar-refractivity contribution >= 4 is 0 Å². The van der Waals surface area contributed by atoms with Crippen molar-refractivity contribution in [3.05, 3.63) is 100 Å². The summed E-state index contributed by atoms with van der Waals surface area (Å²) in [7, 11) is 0. The van der Waals surface area contributed by atoms with Gasteiger partial charge >= 0.3 is 0 Å². The van der Waals surface area contributed by atoms with Crippen molar-refractivity contribution in [2.75, 3.05) is 13.2 Å². The molecule has 37 heavy (non-hydrogen) atoms. The summed E-state index contributed by atoms with van der Waals surface area (Å²) >= 11 is 0. The van der Waals surface area contributed by atoms with Crippen LogP contribution in [0.4, 0.5) is 22.0 Å². The van der Waals surface area contributed by atoms with Gasteiger partial charge in [0.15, 0.2) is 23.2 Å². The average Bonchev–Trinajstić information content (AvgIpc) is 2.90. The van der Waals surface area contributed by atoms with Gasteiger partial charge in [-0.25, -0.2) is 17.6 Å². The average molecular weight is 517 g/mol. The van der Waals surface area contributed by atoms with Crippen LogP contribution in [0.2, 0.25) is 0 Å². The van der Waals surface area contributed by atoms with E-state index in [1.54, 1.807) is 13.0 Å². The lowest BCUT2D eigenvalue weighted by Gasteiger charge is -2.27. The van der Waals surface area contributed by atoms with E-state index in [4.69, 9.17) is 9.47 Å². The van der Waals surface area contributed by atoms with Gasteiger partial charge in [0, 0.05) is 17.0 Å². The first-order chi connectivity index (χ1) is 17.8. The zero-order chi connectivity index (χ0) is 26.5. The lowest BCUT2D eigenvalue weighted by Crippen LogP contribution is -2.23. The summed E-state index contributed by atoms with van der Waals surface area (Å²) in [6, 6.07) is 9.85. The molecule has 1 aliphatic rings. The molecule has 3 aromatic rings. The summed E-state index contributed by atoms with van der Waals surface area (Å²) in [5.74, 6) is -5.64. The summed E-state index contributed by atoms with van der Waals surface area (Å²) in [5.41, 5.74) is 0.450. The van der Waals surface area contributed by atoms with Crippen molar-refractivity contribution in [1.29, 1.82) is 0 Å². The van der Waals surface area contributed by atoms with Gasteiger partial charge in [0.1, 0.15) is 5.82 Å². The molecule has 1 heterocycles. The second-order valence-electron chi connectivity index (χ2n) is 9.10. The predicted octanol–water partition coefficient (Wildman–Crippen LogP) is 8.07. The summed E-state index contributed by atoms with van der Waals surface area (Å²) in [6.45, 7) is 4.21. The van der Waals surface area contributed by atoms with Crippen molar-refractivity contribution in [3.8, 4) is 16.9 Å². The molecule has 7 heteroatoms. The maximum absolute atomic E-state index is 14.9. The zero-order valence-corrected chi connectivity index (χ0v) is 20.8. The highest BCUT2D eigenvalue weighted by molar-refractivity contribution is 5.66. The van der Waals surface area contributed by atoms with Crippen LogP contribution >= 0.6 is 0 Å². The van der Waals surface area contributed by atoms with Crippen LogP contribution in [0, 0.1) is 29.1 Å². The Hall–Kier alpha value is -3.19. The second-order valence-corrected chi connectivity index (χ2v) is 9.10. The topological polar surface area (TPSA) is 18.5 Å². The third kappa shape index (κ3) is 5.87. The minimum absolute atomic E-state index is 0.0206. The predicted molar refractivity (Wildman–Crippen MR) is 133 cm³/mol. The fraction of sp³-hybridized carbons (Fsp3) is 0.333. The molecule has 2 unspecified atom stereocenters. The molecule has 0 radical (unpaired) electrons. The van der Waals surface area contributed by atoms with Crippen molar-refractivity contribution in [3.63, 3.8) is 0 Å². The molecule has 196 valence electrons. The molecule has 0 spiro atoms. The van der Waals surface area contributed by atoms with Crippen LogP contribution in [0.25, 0.3) is 11.1 Å². The summed E-state index contributed by atoms with van der Waals surface area (Å²) in [5, 5.41) is 0. The van der Waals surface area contributed by atoms with Gasteiger partial charge in [-0.3, -0.25) is 0 Å². The Balaban J connectivity index is 1.46. The maximum Gasteiger partial charge on any atom is 0.201 e. The van der Waals surface area contributed by atoms with E-state index in [0.717, 1.165) is 24.5 Å². The fourth-order valence-corrected chi connectivity index (χ4v) is 4.69. The zero-order valence-electron chi connectivity index (χ0n) is 20.8. The molecule has 1 saturated heterocycles. The van der Waals surface area contributed by atoms with Crippen LogP contribution in [0.15, 0.2) is 54.6 Å². The number of allylic oxidation sites excluding steroid dienone is 1. The Labute approximate surface area is 213 Å². The molecule has 2 atom stereocenters. The van der Waals surface area contributed by atoms with Gasteiger partial charge < -0.3 is 9.47 Å². The molecule has 3 aromatic carbocycles. The van der Waals surface area contributed by atoms with Gasteiger partial charge in [0.05, 0.1) is 19.3 Å². The lowest BCUT2D eigenvalue weighted by molar-refractivity contribution is 0.0326. The standard InChI is InChI=1S/C30H29F5O2/c1-3-5-22-12-10-21(17-37-22)20-9-7-18(25(31)16-20)6-8-19-11-13-23(28(33)27(19)32)24-14-15-26(36-4-2)30(35)29(24)34/h3,5,7,9,11,13-16,21-22H,4,6,8,10,12,17H2,1-2H3. The third-order valence-electron chi connectivity index (χ3n) is 6.73. The van der Waals surface area contributed by atoms with Crippen LogP contribution in [-0.4, -0.2) is 19.3 Å². The van der Waals surface area contributed by atoms with Crippen LogP contribution in [0.5, 0.6) is 5.75 Å². The molecule has 0 bridgehead atoms. The van der Waals surface area contributed by atoms with Crippen molar-refractivity contribution in [2.45, 2.75) is 51.6 Å². The summed E-state index contributed by atoms with van der Waals surface area (Å²) < 4.78 is 84.1. The molecule has 0 amide bonds. The number of hydrogen-bond donors (Lipinski definition) is 0. The molecule has 0 aliphatic carbocycles. The summed E-state index contributed by atoms with van der Waals surface area (Å²) in [4.78, 5) is 0. The van der Waals surface area contributed by atoms with Gasteiger partial charge in [-0.05, 0) is 74.4 Å². The first-order valence-corrected chi connectivity index (χ1v) is 12.4. The number of halogens is 5. The molecule has 2 nitrogen and oxygen atoms in total. The first-order valence-electron chi connectivity index (χ1n) is 12.4. The monoisotopic (exact) mass is 516 g/mol. The highest BCUT2D eigenvalue weighted by atomic mass is 19.2. The molecular weight excluding hydrogens is 487 g/mol. The molecule has 0 aromatic heterocycles. The molecular formula is C30H29F5O2. The molecule has 0 N–H and O–H groups in total. The number of rotatable bonds is 8. The minimum atomic E-state index is -1.32. The van der Waals surface area contributed by atoms with Crippen LogP contribution in [0.1, 0.15) is 49.3 Å².